The van der Waals surface area contributed by atoms with E-state index < -0.39 is 0 Å². The number of rotatable bonds is 6. The van der Waals surface area contributed by atoms with E-state index in [2.05, 4.69) is 29.2 Å². The van der Waals surface area contributed by atoms with Crippen LogP contribution in [-0.2, 0) is 13.1 Å². The normalized spacial score (nSPS) is 10.9. The predicted molar refractivity (Wildman–Crippen MR) is 71.0 cm³/mol. The van der Waals surface area contributed by atoms with Crippen LogP contribution in [0, 0.1) is 0 Å². The second-order valence-corrected chi connectivity index (χ2v) is 4.97. The molecule has 4 nitrogen and oxygen atoms in total. The number of nitrogens with one attached hydrogen (secondary N) is 1. The Hall–Kier alpha value is -1.20. The Bertz CT molecular complexity index is 461. The minimum Gasteiger partial charge on any atom is -0.312 e. The number of nitrogens with zero attached hydrogens (tertiary/aromatic N) is 3. The molecular weight excluding hydrogens is 232 g/mol. The molecule has 1 N–H and O–H groups in total. The molecule has 0 aromatic carbocycles. The first kappa shape index (κ1) is 12.3. The third kappa shape index (κ3) is 2.92. The highest BCUT2D eigenvalue weighted by Crippen LogP contribution is 2.24. The molecule has 92 valence electrons. The van der Waals surface area contributed by atoms with Crippen molar-refractivity contribution in [1.29, 1.82) is 0 Å². The van der Waals surface area contributed by atoms with Gasteiger partial charge in [0.2, 0.25) is 0 Å². The van der Waals surface area contributed by atoms with E-state index in [1.807, 2.05) is 23.1 Å². The zero-order valence-electron chi connectivity index (χ0n) is 10.3. The van der Waals surface area contributed by atoms with Gasteiger partial charge in [0.15, 0.2) is 0 Å². The summed E-state index contributed by atoms with van der Waals surface area (Å²) in [6, 6.07) is 2.03. The molecule has 0 fully saturated rings. The minimum absolute atomic E-state index is 0.899. The van der Waals surface area contributed by atoms with Crippen LogP contribution in [0.5, 0.6) is 0 Å². The van der Waals surface area contributed by atoms with Gasteiger partial charge in [-0.3, -0.25) is 4.68 Å². The van der Waals surface area contributed by atoms with Gasteiger partial charge < -0.3 is 5.32 Å². The first-order chi connectivity index (χ1) is 8.35. The van der Waals surface area contributed by atoms with Crippen LogP contribution in [0.1, 0.15) is 25.1 Å². The third-order valence-corrected chi connectivity index (χ3v) is 3.49. The van der Waals surface area contributed by atoms with Crippen molar-refractivity contribution in [3.8, 4) is 10.7 Å². The van der Waals surface area contributed by atoms with E-state index >= 15 is 0 Å². The van der Waals surface area contributed by atoms with Gasteiger partial charge in [-0.15, -0.1) is 11.3 Å². The van der Waals surface area contributed by atoms with Crippen molar-refractivity contribution in [3.05, 3.63) is 23.3 Å². The summed E-state index contributed by atoms with van der Waals surface area (Å²) in [4.78, 5) is 5.74. The number of thiazole rings is 1. The average Bonchev–Trinajstić information content (AvgIpc) is 2.95. The fourth-order valence-electron chi connectivity index (χ4n) is 1.66. The van der Waals surface area contributed by atoms with E-state index in [4.69, 9.17) is 0 Å². The summed E-state index contributed by atoms with van der Waals surface area (Å²) in [6.07, 6.45) is 4.88. The lowest BCUT2D eigenvalue weighted by atomic mass is 10.4. The zero-order valence-corrected chi connectivity index (χ0v) is 11.1. The SMILES string of the molecule is CCCn1nccc1-c1ncc(CNCC)s1. The maximum atomic E-state index is 4.47. The quantitative estimate of drug-likeness (QED) is 0.856. The lowest BCUT2D eigenvalue weighted by Gasteiger charge is -2.02. The van der Waals surface area contributed by atoms with Crippen molar-refractivity contribution < 1.29 is 0 Å². The number of hydrogen-bond acceptors (Lipinski definition) is 4. The molecule has 0 aliphatic carbocycles. The second kappa shape index (κ2) is 5.93. The molecule has 0 amide bonds. The molecule has 0 aliphatic rings. The van der Waals surface area contributed by atoms with Gasteiger partial charge in [0.05, 0.1) is 5.69 Å². The molecule has 17 heavy (non-hydrogen) atoms. The summed E-state index contributed by atoms with van der Waals surface area (Å²) in [5.74, 6) is 0. The molecule has 0 bridgehead atoms. The molecule has 0 aliphatic heterocycles. The Labute approximate surface area is 106 Å². The second-order valence-electron chi connectivity index (χ2n) is 3.85. The Morgan fingerprint density at radius 1 is 1.41 bits per heavy atom. The zero-order chi connectivity index (χ0) is 12.1. The standard InChI is InChI=1S/C12H18N4S/c1-3-7-16-11(5-6-15-16)12-14-9-10(17-12)8-13-4-2/h5-6,9,13H,3-4,7-8H2,1-2H3. The highest BCUT2D eigenvalue weighted by molar-refractivity contribution is 7.15. The molecule has 0 saturated carbocycles. The molecule has 2 rings (SSSR count). The van der Waals surface area contributed by atoms with E-state index in [0.717, 1.165) is 36.8 Å². The Morgan fingerprint density at radius 2 is 2.29 bits per heavy atom. The van der Waals surface area contributed by atoms with Gasteiger partial charge in [0.1, 0.15) is 5.01 Å². The van der Waals surface area contributed by atoms with Gasteiger partial charge in [-0.05, 0) is 19.0 Å². The van der Waals surface area contributed by atoms with E-state index in [0.29, 0.717) is 0 Å². The van der Waals surface area contributed by atoms with Crippen molar-refractivity contribution in [2.24, 2.45) is 0 Å². The molecule has 0 spiro atoms. The fourth-order valence-corrected chi connectivity index (χ4v) is 2.57. The van der Waals surface area contributed by atoms with Crippen LogP contribution in [0.4, 0.5) is 0 Å². The van der Waals surface area contributed by atoms with Crippen molar-refractivity contribution >= 4 is 11.3 Å². The van der Waals surface area contributed by atoms with E-state index in [1.54, 1.807) is 11.3 Å². The van der Waals surface area contributed by atoms with E-state index in [1.165, 1.54) is 4.88 Å². The number of aromatic nitrogens is 3. The summed E-state index contributed by atoms with van der Waals surface area (Å²) in [6.45, 7) is 7.10. The summed E-state index contributed by atoms with van der Waals surface area (Å²) in [5, 5.41) is 8.69. The smallest absolute Gasteiger partial charge is 0.141 e. The summed E-state index contributed by atoms with van der Waals surface area (Å²) < 4.78 is 2.02. The summed E-state index contributed by atoms with van der Waals surface area (Å²) >= 11 is 1.74. The van der Waals surface area contributed by atoms with Crippen molar-refractivity contribution in [1.82, 2.24) is 20.1 Å². The molecule has 0 atom stereocenters. The van der Waals surface area contributed by atoms with Gasteiger partial charge in [-0.2, -0.15) is 5.10 Å². The highest BCUT2D eigenvalue weighted by Gasteiger charge is 2.09. The average molecular weight is 250 g/mol. The van der Waals surface area contributed by atoms with Gasteiger partial charge in [0.25, 0.3) is 0 Å². The molecule has 2 aromatic heterocycles. The summed E-state index contributed by atoms with van der Waals surface area (Å²) in [7, 11) is 0. The molecule has 0 unspecified atom stereocenters. The topological polar surface area (TPSA) is 42.7 Å². The first-order valence-corrected chi connectivity index (χ1v) is 6.84. The van der Waals surface area contributed by atoms with E-state index in [9.17, 15) is 0 Å². The van der Waals surface area contributed by atoms with Crippen molar-refractivity contribution in [2.75, 3.05) is 6.54 Å². The molecule has 2 aromatic rings. The number of aryl methyl sites for hydroxylation is 1. The van der Waals surface area contributed by atoms with Gasteiger partial charge >= 0.3 is 0 Å². The lowest BCUT2D eigenvalue weighted by molar-refractivity contribution is 0.609. The maximum Gasteiger partial charge on any atom is 0.141 e. The minimum atomic E-state index is 0.899. The van der Waals surface area contributed by atoms with Crippen molar-refractivity contribution in [3.63, 3.8) is 0 Å². The maximum absolute atomic E-state index is 4.47. The molecule has 0 saturated heterocycles. The number of hydrogen-bond donors (Lipinski definition) is 1. The molecule has 5 heteroatoms. The fraction of sp³-hybridized carbons (Fsp3) is 0.500. The monoisotopic (exact) mass is 250 g/mol. The molecule has 0 radical (unpaired) electrons. The van der Waals surface area contributed by atoms with Crippen LogP contribution in [0.15, 0.2) is 18.5 Å². The predicted octanol–water partition coefficient (Wildman–Crippen LogP) is 2.53. The van der Waals surface area contributed by atoms with Crippen LogP contribution in [-0.4, -0.2) is 21.3 Å². The van der Waals surface area contributed by atoms with Crippen LogP contribution in [0.25, 0.3) is 10.7 Å². The Kier molecular flexibility index (Phi) is 4.28. The molecular formula is C12H18N4S. The van der Waals surface area contributed by atoms with E-state index in [-0.39, 0.29) is 0 Å². The Morgan fingerprint density at radius 3 is 3.06 bits per heavy atom. The molecule has 2 heterocycles. The van der Waals surface area contributed by atoms with Crippen LogP contribution >= 0.6 is 11.3 Å². The highest BCUT2D eigenvalue weighted by atomic mass is 32.1. The van der Waals surface area contributed by atoms with Gasteiger partial charge in [0, 0.05) is 30.4 Å². The van der Waals surface area contributed by atoms with Crippen LogP contribution in [0.3, 0.4) is 0 Å². The van der Waals surface area contributed by atoms with Crippen LogP contribution < -0.4 is 5.32 Å². The van der Waals surface area contributed by atoms with Gasteiger partial charge in [-0.25, -0.2) is 4.98 Å². The largest absolute Gasteiger partial charge is 0.312 e. The summed E-state index contributed by atoms with van der Waals surface area (Å²) in [5.41, 5.74) is 1.12. The lowest BCUT2D eigenvalue weighted by Crippen LogP contribution is -2.10. The van der Waals surface area contributed by atoms with Crippen LogP contribution in [0.2, 0.25) is 0 Å². The Balaban J connectivity index is 2.15. The van der Waals surface area contributed by atoms with Gasteiger partial charge in [-0.1, -0.05) is 13.8 Å². The first-order valence-electron chi connectivity index (χ1n) is 6.02. The third-order valence-electron chi connectivity index (χ3n) is 2.47. The van der Waals surface area contributed by atoms with Crippen molar-refractivity contribution in [2.45, 2.75) is 33.4 Å².